The van der Waals surface area contributed by atoms with Gasteiger partial charge >= 0.3 is 0 Å². The van der Waals surface area contributed by atoms with Crippen LogP contribution in [0.2, 0.25) is 0 Å². The molecule has 0 saturated heterocycles. The topological polar surface area (TPSA) is 66.6 Å². The molecule has 0 fully saturated rings. The SMILES string of the molecule is CC(C)CC(N)C(=O)N(CCO)Cc1ccccc1. The molecule has 0 aliphatic rings. The normalized spacial score (nSPS) is 12.5. The lowest BCUT2D eigenvalue weighted by Crippen LogP contribution is -2.45. The van der Waals surface area contributed by atoms with Gasteiger partial charge in [-0.25, -0.2) is 0 Å². The minimum atomic E-state index is -0.490. The van der Waals surface area contributed by atoms with Gasteiger partial charge in [-0.1, -0.05) is 44.2 Å². The highest BCUT2D eigenvalue weighted by Gasteiger charge is 2.21. The van der Waals surface area contributed by atoms with Crippen LogP contribution in [0.5, 0.6) is 0 Å². The van der Waals surface area contributed by atoms with Gasteiger partial charge in [0.25, 0.3) is 0 Å². The third kappa shape index (κ3) is 5.41. The quantitative estimate of drug-likeness (QED) is 0.782. The fourth-order valence-electron chi connectivity index (χ4n) is 2.03. The molecule has 0 aromatic heterocycles. The minimum Gasteiger partial charge on any atom is -0.395 e. The number of rotatable bonds is 7. The zero-order valence-corrected chi connectivity index (χ0v) is 11.7. The Hall–Kier alpha value is -1.39. The molecule has 0 spiro atoms. The second kappa shape index (κ2) is 7.92. The lowest BCUT2D eigenvalue weighted by atomic mass is 10.0. The summed E-state index contributed by atoms with van der Waals surface area (Å²) in [4.78, 5) is 13.9. The van der Waals surface area contributed by atoms with Crippen LogP contribution in [-0.2, 0) is 11.3 Å². The third-order valence-corrected chi connectivity index (χ3v) is 2.94. The number of amides is 1. The van der Waals surface area contributed by atoms with Gasteiger partial charge in [0.05, 0.1) is 12.6 Å². The molecule has 4 nitrogen and oxygen atoms in total. The van der Waals surface area contributed by atoms with E-state index in [1.165, 1.54) is 0 Å². The maximum atomic E-state index is 12.3. The Bertz CT molecular complexity index is 379. The minimum absolute atomic E-state index is 0.0486. The van der Waals surface area contributed by atoms with Crippen molar-refractivity contribution in [3.63, 3.8) is 0 Å². The van der Waals surface area contributed by atoms with E-state index in [1.54, 1.807) is 4.90 Å². The Labute approximate surface area is 115 Å². The van der Waals surface area contributed by atoms with Crippen LogP contribution in [0.3, 0.4) is 0 Å². The number of aliphatic hydroxyl groups is 1. The number of carbonyl (C=O) groups excluding carboxylic acids is 1. The fourth-order valence-corrected chi connectivity index (χ4v) is 2.03. The van der Waals surface area contributed by atoms with Gasteiger partial charge in [-0.2, -0.15) is 0 Å². The van der Waals surface area contributed by atoms with Gasteiger partial charge < -0.3 is 15.7 Å². The van der Waals surface area contributed by atoms with E-state index >= 15 is 0 Å². The average molecular weight is 264 g/mol. The Morgan fingerprint density at radius 3 is 2.47 bits per heavy atom. The first-order valence-electron chi connectivity index (χ1n) is 6.73. The number of hydrogen-bond acceptors (Lipinski definition) is 3. The molecule has 0 aliphatic carbocycles. The van der Waals surface area contributed by atoms with E-state index in [-0.39, 0.29) is 12.5 Å². The highest BCUT2D eigenvalue weighted by molar-refractivity contribution is 5.81. The fraction of sp³-hybridized carbons (Fsp3) is 0.533. The van der Waals surface area contributed by atoms with Crippen LogP contribution in [0.25, 0.3) is 0 Å². The van der Waals surface area contributed by atoms with Crippen molar-refractivity contribution in [3.05, 3.63) is 35.9 Å². The summed E-state index contributed by atoms with van der Waals surface area (Å²) in [5.74, 6) is 0.290. The first kappa shape index (κ1) is 15.7. The summed E-state index contributed by atoms with van der Waals surface area (Å²) in [6, 6.07) is 9.25. The van der Waals surface area contributed by atoms with Crippen LogP contribution in [-0.4, -0.2) is 35.1 Å². The summed E-state index contributed by atoms with van der Waals surface area (Å²) in [6.07, 6.45) is 0.662. The van der Waals surface area contributed by atoms with E-state index in [2.05, 4.69) is 0 Å². The molecule has 0 heterocycles. The van der Waals surface area contributed by atoms with Gasteiger partial charge in [0, 0.05) is 13.1 Å². The van der Waals surface area contributed by atoms with Crippen molar-refractivity contribution in [3.8, 4) is 0 Å². The van der Waals surface area contributed by atoms with Crippen LogP contribution in [0.15, 0.2) is 30.3 Å². The lowest BCUT2D eigenvalue weighted by Gasteiger charge is -2.26. The summed E-state index contributed by atoms with van der Waals surface area (Å²) in [7, 11) is 0. The van der Waals surface area contributed by atoms with Crippen molar-refractivity contribution >= 4 is 5.91 Å². The number of nitrogens with zero attached hydrogens (tertiary/aromatic N) is 1. The van der Waals surface area contributed by atoms with Crippen LogP contribution in [0, 0.1) is 5.92 Å². The van der Waals surface area contributed by atoms with Crippen molar-refractivity contribution in [2.24, 2.45) is 11.7 Å². The summed E-state index contributed by atoms with van der Waals surface area (Å²) >= 11 is 0. The summed E-state index contributed by atoms with van der Waals surface area (Å²) in [5.41, 5.74) is 6.97. The van der Waals surface area contributed by atoms with Gasteiger partial charge in [-0.3, -0.25) is 4.79 Å². The number of hydrogen-bond donors (Lipinski definition) is 2. The monoisotopic (exact) mass is 264 g/mol. The predicted molar refractivity (Wildman–Crippen MR) is 76.4 cm³/mol. The first-order chi connectivity index (χ1) is 9.04. The van der Waals surface area contributed by atoms with Gasteiger partial charge in [-0.05, 0) is 17.9 Å². The molecule has 0 aliphatic heterocycles. The largest absolute Gasteiger partial charge is 0.395 e. The Morgan fingerprint density at radius 2 is 1.95 bits per heavy atom. The summed E-state index contributed by atoms with van der Waals surface area (Å²) in [5, 5.41) is 9.09. The molecule has 0 radical (unpaired) electrons. The Morgan fingerprint density at radius 1 is 1.32 bits per heavy atom. The highest BCUT2D eigenvalue weighted by Crippen LogP contribution is 2.09. The second-order valence-electron chi connectivity index (χ2n) is 5.21. The molecule has 1 aromatic carbocycles. The van der Waals surface area contributed by atoms with Crippen molar-refractivity contribution in [2.45, 2.75) is 32.9 Å². The van der Waals surface area contributed by atoms with E-state index in [0.29, 0.717) is 25.4 Å². The molecule has 1 aromatic rings. The standard InChI is InChI=1S/C15H24N2O2/c1-12(2)10-14(16)15(19)17(8-9-18)11-13-6-4-3-5-7-13/h3-7,12,14,18H,8-11,16H2,1-2H3. The average Bonchev–Trinajstić information content (AvgIpc) is 2.38. The molecule has 3 N–H and O–H groups in total. The van der Waals surface area contributed by atoms with E-state index < -0.39 is 6.04 Å². The van der Waals surface area contributed by atoms with Crippen LogP contribution in [0.1, 0.15) is 25.8 Å². The molecule has 1 atom stereocenters. The highest BCUT2D eigenvalue weighted by atomic mass is 16.3. The lowest BCUT2D eigenvalue weighted by molar-refractivity contribution is -0.134. The number of benzene rings is 1. The third-order valence-electron chi connectivity index (χ3n) is 2.94. The van der Waals surface area contributed by atoms with Crippen LogP contribution < -0.4 is 5.73 Å². The molecule has 1 amide bonds. The Balaban J connectivity index is 2.68. The van der Waals surface area contributed by atoms with Gasteiger partial charge in [0.2, 0.25) is 5.91 Å². The van der Waals surface area contributed by atoms with Crippen LogP contribution >= 0.6 is 0 Å². The molecule has 4 heteroatoms. The molecule has 0 saturated carbocycles. The number of aliphatic hydroxyl groups excluding tert-OH is 1. The van der Waals surface area contributed by atoms with E-state index in [1.807, 2.05) is 44.2 Å². The molecule has 1 rings (SSSR count). The van der Waals surface area contributed by atoms with Gasteiger partial charge in [0.1, 0.15) is 0 Å². The van der Waals surface area contributed by atoms with E-state index in [9.17, 15) is 4.79 Å². The van der Waals surface area contributed by atoms with Gasteiger partial charge in [-0.15, -0.1) is 0 Å². The molecule has 1 unspecified atom stereocenters. The van der Waals surface area contributed by atoms with Crippen molar-refractivity contribution in [1.29, 1.82) is 0 Å². The first-order valence-corrected chi connectivity index (χ1v) is 6.73. The Kier molecular flexibility index (Phi) is 6.53. The second-order valence-corrected chi connectivity index (χ2v) is 5.21. The van der Waals surface area contributed by atoms with Crippen molar-refractivity contribution < 1.29 is 9.90 Å². The summed E-state index contributed by atoms with van der Waals surface area (Å²) in [6.45, 7) is 4.85. The molecule has 0 bridgehead atoms. The van der Waals surface area contributed by atoms with Gasteiger partial charge in [0.15, 0.2) is 0 Å². The van der Waals surface area contributed by atoms with Crippen molar-refractivity contribution in [1.82, 2.24) is 4.90 Å². The zero-order chi connectivity index (χ0) is 14.3. The molecular formula is C15H24N2O2. The molecule has 19 heavy (non-hydrogen) atoms. The van der Waals surface area contributed by atoms with Crippen LogP contribution in [0.4, 0.5) is 0 Å². The number of nitrogens with two attached hydrogens (primary N) is 1. The molecule has 106 valence electrons. The zero-order valence-electron chi connectivity index (χ0n) is 11.7. The van der Waals surface area contributed by atoms with Crippen molar-refractivity contribution in [2.75, 3.05) is 13.2 Å². The molecular weight excluding hydrogens is 240 g/mol. The maximum Gasteiger partial charge on any atom is 0.239 e. The number of carbonyl (C=O) groups is 1. The van der Waals surface area contributed by atoms with E-state index in [4.69, 9.17) is 10.8 Å². The van der Waals surface area contributed by atoms with E-state index in [0.717, 1.165) is 5.56 Å². The maximum absolute atomic E-state index is 12.3. The summed E-state index contributed by atoms with van der Waals surface area (Å²) < 4.78 is 0. The smallest absolute Gasteiger partial charge is 0.239 e. The predicted octanol–water partition coefficient (Wildman–Crippen LogP) is 1.38.